The fourth-order valence-electron chi connectivity index (χ4n) is 6.09. The fourth-order valence-corrected chi connectivity index (χ4v) is 6.09. The molecular weight excluding hydrogens is 597 g/mol. The lowest BCUT2D eigenvalue weighted by atomic mass is 9.99. The van der Waals surface area contributed by atoms with E-state index >= 15 is 0 Å². The molecule has 232 valence electrons. The van der Waals surface area contributed by atoms with Gasteiger partial charge in [-0.3, -0.25) is 4.98 Å². The average Bonchev–Trinajstić information content (AvgIpc) is 3.19. The summed E-state index contributed by atoms with van der Waals surface area (Å²) in [5.74, 6) is 1.90. The normalized spacial score (nSPS) is 11.0. The second-order valence-electron chi connectivity index (χ2n) is 12.0. The molecule has 0 N–H and O–H groups in total. The highest BCUT2D eigenvalue weighted by atomic mass is 15.0. The Morgan fingerprint density at radius 3 is 1.12 bits per heavy atom. The van der Waals surface area contributed by atoms with Crippen LogP contribution in [0.4, 0.5) is 0 Å². The second kappa shape index (κ2) is 13.3. The van der Waals surface area contributed by atoms with Gasteiger partial charge in [-0.1, -0.05) is 158 Å². The Morgan fingerprint density at radius 1 is 0.306 bits per heavy atom. The van der Waals surface area contributed by atoms with E-state index in [1.165, 1.54) is 11.1 Å². The fraction of sp³-hybridized carbons (Fsp3) is 0.0222. The van der Waals surface area contributed by atoms with E-state index < -0.39 is 0 Å². The predicted octanol–water partition coefficient (Wildman–Crippen LogP) is 11.2. The van der Waals surface area contributed by atoms with Crippen molar-refractivity contribution in [2.45, 2.75) is 6.92 Å². The van der Waals surface area contributed by atoms with Gasteiger partial charge in [0.15, 0.2) is 17.5 Å². The molecule has 49 heavy (non-hydrogen) atoms. The van der Waals surface area contributed by atoms with E-state index in [0.717, 1.165) is 55.8 Å². The van der Waals surface area contributed by atoms with Crippen LogP contribution in [0.3, 0.4) is 0 Å². The van der Waals surface area contributed by atoms with E-state index in [1.54, 1.807) is 0 Å². The summed E-state index contributed by atoms with van der Waals surface area (Å²) in [7, 11) is 0. The Labute approximate surface area is 286 Å². The number of aromatic nitrogens is 4. The van der Waals surface area contributed by atoms with Gasteiger partial charge in [0.2, 0.25) is 0 Å². The topological polar surface area (TPSA) is 51.6 Å². The lowest BCUT2D eigenvalue weighted by Crippen LogP contribution is -2.00. The van der Waals surface area contributed by atoms with Crippen molar-refractivity contribution >= 4 is 0 Å². The summed E-state index contributed by atoms with van der Waals surface area (Å²) in [4.78, 5) is 19.6. The van der Waals surface area contributed by atoms with Crippen LogP contribution in [0, 0.1) is 6.92 Å². The summed E-state index contributed by atoms with van der Waals surface area (Å²) in [6.07, 6.45) is 1.84. The van der Waals surface area contributed by atoms with E-state index in [-0.39, 0.29) is 0 Å². The summed E-state index contributed by atoms with van der Waals surface area (Å²) >= 11 is 0. The Balaban J connectivity index is 1.16. The number of pyridine rings is 1. The Hall–Kier alpha value is -6.52. The molecule has 0 radical (unpaired) electrons. The smallest absolute Gasteiger partial charge is 0.164 e. The van der Waals surface area contributed by atoms with E-state index in [1.807, 2.05) is 24.4 Å². The van der Waals surface area contributed by atoms with Gasteiger partial charge in [0.1, 0.15) is 0 Å². The first-order chi connectivity index (χ1) is 24.2. The molecule has 0 atom stereocenters. The van der Waals surface area contributed by atoms with Crippen LogP contribution in [0.25, 0.3) is 78.8 Å². The Bertz CT molecular complexity index is 2250. The molecule has 2 heterocycles. The van der Waals surface area contributed by atoms with E-state index in [4.69, 9.17) is 15.0 Å². The molecule has 6 aromatic carbocycles. The van der Waals surface area contributed by atoms with Crippen molar-refractivity contribution in [2.24, 2.45) is 0 Å². The monoisotopic (exact) mass is 628 g/mol. The molecule has 0 amide bonds. The number of hydrogen-bond donors (Lipinski definition) is 0. The molecule has 0 aliphatic heterocycles. The Kier molecular flexibility index (Phi) is 8.11. The maximum absolute atomic E-state index is 5.00. The molecule has 0 aliphatic rings. The highest BCUT2D eigenvalue weighted by molar-refractivity contribution is 5.76. The first-order valence-corrected chi connectivity index (χ1v) is 16.4. The van der Waals surface area contributed by atoms with Gasteiger partial charge in [-0.15, -0.1) is 0 Å². The minimum atomic E-state index is 0.628. The van der Waals surface area contributed by atoms with Gasteiger partial charge < -0.3 is 0 Å². The highest BCUT2D eigenvalue weighted by Crippen LogP contribution is 2.31. The molecule has 0 spiro atoms. The van der Waals surface area contributed by atoms with Crippen LogP contribution in [-0.2, 0) is 0 Å². The van der Waals surface area contributed by atoms with Gasteiger partial charge >= 0.3 is 0 Å². The molecule has 0 fully saturated rings. The van der Waals surface area contributed by atoms with Crippen LogP contribution < -0.4 is 0 Å². The van der Waals surface area contributed by atoms with E-state index in [9.17, 15) is 0 Å². The summed E-state index contributed by atoms with van der Waals surface area (Å²) in [6.45, 7) is 2.09. The first kappa shape index (κ1) is 29.9. The molecule has 8 aromatic rings. The molecular formula is C45H32N4. The van der Waals surface area contributed by atoms with Gasteiger partial charge in [-0.2, -0.15) is 0 Å². The maximum atomic E-state index is 5.00. The number of hydrogen-bond acceptors (Lipinski definition) is 4. The quantitative estimate of drug-likeness (QED) is 0.176. The van der Waals surface area contributed by atoms with Crippen LogP contribution in [0.5, 0.6) is 0 Å². The molecule has 4 nitrogen and oxygen atoms in total. The van der Waals surface area contributed by atoms with Crippen molar-refractivity contribution in [1.29, 1.82) is 0 Å². The van der Waals surface area contributed by atoms with Gasteiger partial charge in [-0.05, 0) is 58.0 Å². The lowest BCUT2D eigenvalue weighted by molar-refractivity contribution is 1.07. The zero-order chi connectivity index (χ0) is 33.0. The molecule has 0 aliphatic carbocycles. The Morgan fingerprint density at radius 2 is 0.673 bits per heavy atom. The largest absolute Gasteiger partial charge is 0.256 e. The third-order valence-electron chi connectivity index (χ3n) is 8.76. The second-order valence-corrected chi connectivity index (χ2v) is 12.0. The minimum Gasteiger partial charge on any atom is -0.256 e. The van der Waals surface area contributed by atoms with Crippen molar-refractivity contribution in [3.05, 3.63) is 182 Å². The summed E-state index contributed by atoms with van der Waals surface area (Å²) in [6, 6.07) is 58.6. The number of aryl methyl sites for hydroxylation is 1. The molecule has 0 bridgehead atoms. The van der Waals surface area contributed by atoms with Crippen molar-refractivity contribution in [3.63, 3.8) is 0 Å². The van der Waals surface area contributed by atoms with Gasteiger partial charge in [0.05, 0.1) is 5.69 Å². The van der Waals surface area contributed by atoms with Crippen molar-refractivity contribution in [3.8, 4) is 78.8 Å². The predicted molar refractivity (Wildman–Crippen MR) is 200 cm³/mol. The average molecular weight is 629 g/mol. The van der Waals surface area contributed by atoms with Gasteiger partial charge in [0, 0.05) is 28.5 Å². The molecule has 2 aromatic heterocycles. The van der Waals surface area contributed by atoms with Crippen LogP contribution in [-0.4, -0.2) is 19.9 Å². The lowest BCUT2D eigenvalue weighted by Gasteiger charge is -2.11. The maximum Gasteiger partial charge on any atom is 0.164 e. The molecule has 8 rings (SSSR count). The van der Waals surface area contributed by atoms with E-state index in [0.29, 0.717) is 17.5 Å². The minimum absolute atomic E-state index is 0.628. The highest BCUT2D eigenvalue weighted by Gasteiger charge is 2.14. The van der Waals surface area contributed by atoms with Gasteiger partial charge in [0.25, 0.3) is 0 Å². The van der Waals surface area contributed by atoms with Crippen molar-refractivity contribution in [2.75, 3.05) is 0 Å². The third-order valence-corrected chi connectivity index (χ3v) is 8.76. The SMILES string of the molecule is Cc1cccnc1-c1cccc(-c2ccc(-c3nc(-c4ccc(-c5ccccc5)cc4)nc(-c4ccc(-c5ccccc5)cc4)n3)cc2)c1. The molecule has 0 unspecified atom stereocenters. The molecule has 0 saturated heterocycles. The summed E-state index contributed by atoms with van der Waals surface area (Å²) < 4.78 is 0. The third kappa shape index (κ3) is 6.40. The number of nitrogens with zero attached hydrogens (tertiary/aromatic N) is 4. The summed E-state index contributed by atoms with van der Waals surface area (Å²) in [5.41, 5.74) is 12.9. The van der Waals surface area contributed by atoms with Crippen LogP contribution in [0.15, 0.2) is 176 Å². The number of rotatable bonds is 7. The zero-order valence-corrected chi connectivity index (χ0v) is 27.0. The first-order valence-electron chi connectivity index (χ1n) is 16.4. The van der Waals surface area contributed by atoms with E-state index in [2.05, 4.69) is 164 Å². The summed E-state index contributed by atoms with van der Waals surface area (Å²) in [5, 5.41) is 0. The molecule has 0 saturated carbocycles. The van der Waals surface area contributed by atoms with Crippen LogP contribution >= 0.6 is 0 Å². The standard InChI is InChI=1S/C45H32N4/c1-31-10-9-29-46-42(31)41-16-8-15-40(30-41)36-21-27-39(28-22-36)45-48-43(37-23-17-34(18-24-37)32-11-4-2-5-12-32)47-44(49-45)38-25-19-35(20-26-38)33-13-6-3-7-14-33/h2-30H,1H3. The van der Waals surface area contributed by atoms with Crippen molar-refractivity contribution in [1.82, 2.24) is 19.9 Å². The number of benzene rings is 6. The van der Waals surface area contributed by atoms with Crippen molar-refractivity contribution < 1.29 is 0 Å². The molecule has 4 heteroatoms. The van der Waals surface area contributed by atoms with Crippen LogP contribution in [0.1, 0.15) is 5.56 Å². The van der Waals surface area contributed by atoms with Gasteiger partial charge in [-0.25, -0.2) is 15.0 Å². The van der Waals surface area contributed by atoms with Crippen LogP contribution in [0.2, 0.25) is 0 Å². The zero-order valence-electron chi connectivity index (χ0n) is 27.0.